The third-order valence-electron chi connectivity index (χ3n) is 9.22. The second-order valence-corrected chi connectivity index (χ2v) is 14.9. The number of aliphatic carboxylic acids is 4. The second kappa shape index (κ2) is 26.5. The lowest BCUT2D eigenvalue weighted by Gasteiger charge is -2.26. The fourth-order valence-corrected chi connectivity index (χ4v) is 6.09. The lowest BCUT2D eigenvalue weighted by Crippen LogP contribution is -2.59. The fraction of sp³-hybridized carbons (Fsp3) is 0.395. The zero-order chi connectivity index (χ0) is 51.4. The quantitative estimate of drug-likeness (QED) is 0.0140. The number of H-pyrrole nitrogens is 1. The highest BCUT2D eigenvalue weighted by molar-refractivity contribution is 7.80. The Balaban J connectivity index is 1.77. The number of fused-ring (bicyclic) bond motifs is 1. The van der Waals surface area contributed by atoms with Crippen LogP contribution in [0.5, 0.6) is 0 Å². The van der Waals surface area contributed by atoms with Crippen molar-refractivity contribution in [3.63, 3.8) is 0 Å². The highest BCUT2D eigenvalue weighted by Crippen LogP contribution is 2.13. The van der Waals surface area contributed by atoms with Crippen LogP contribution in [0.3, 0.4) is 0 Å². The molecule has 0 aliphatic heterocycles. The average Bonchev–Trinajstić information content (AvgIpc) is 3.27. The Hall–Kier alpha value is -8.64. The van der Waals surface area contributed by atoms with E-state index in [0.717, 1.165) is 0 Å². The molecule has 0 aliphatic rings. The van der Waals surface area contributed by atoms with Crippen LogP contribution in [0, 0.1) is 0 Å². The first-order valence-electron chi connectivity index (χ1n) is 20.3. The number of carboxylic acid groups (broad SMARTS) is 4. The van der Waals surface area contributed by atoms with Crippen molar-refractivity contribution in [3.8, 4) is 0 Å². The molecule has 1 aromatic carbocycles. The van der Waals surface area contributed by atoms with Gasteiger partial charge in [-0.1, -0.05) is 0 Å². The number of guanidine groups is 1. The van der Waals surface area contributed by atoms with Crippen LogP contribution in [0.1, 0.15) is 54.6 Å². The summed E-state index contributed by atoms with van der Waals surface area (Å²) in [5, 5.41) is 53.6. The number of nitrogens with one attached hydrogen (secondary N) is 8. The zero-order valence-corrected chi connectivity index (χ0v) is 37.0. The maximum Gasteiger partial charge on any atom is 0.327 e. The lowest BCUT2D eigenvalue weighted by molar-refractivity contribution is -0.142. The Labute approximate surface area is 393 Å². The minimum atomic E-state index is -2.00. The molecule has 2 heterocycles. The molecule has 30 nitrogen and oxygen atoms in total. The number of thiol groups is 1. The molecule has 31 heteroatoms. The number of anilines is 2. The summed E-state index contributed by atoms with van der Waals surface area (Å²) in [6.45, 7) is -0.914. The van der Waals surface area contributed by atoms with Gasteiger partial charge in [-0.3, -0.25) is 57.9 Å². The summed E-state index contributed by atoms with van der Waals surface area (Å²) in [4.78, 5) is 156. The number of nitrogens with two attached hydrogens (primary N) is 3. The van der Waals surface area contributed by atoms with Crippen LogP contribution >= 0.6 is 12.6 Å². The first kappa shape index (κ1) is 54.7. The van der Waals surface area contributed by atoms with Gasteiger partial charge in [0.05, 0.1) is 37.8 Å². The first-order chi connectivity index (χ1) is 32.6. The third-order valence-corrected chi connectivity index (χ3v) is 9.58. The molecule has 3 aromatic rings. The largest absolute Gasteiger partial charge is 0.481 e. The van der Waals surface area contributed by atoms with E-state index >= 15 is 0 Å². The molecule has 2 aromatic heterocycles. The SMILES string of the molecule is NC(N)=NCCCC(NC(=O)C(CC(=O)O)NC(=O)C(CCC(=O)O)NC(=O)c1ccc(NCc2cnc3nc(N)[nH]c(=O)c3n2)cc1)C(=O)NC(CC(=O)O)C(=O)NCC(=O)NC(CS)C(=O)O. The van der Waals surface area contributed by atoms with E-state index in [2.05, 4.69) is 74.8 Å². The number of hydrogen-bond acceptors (Lipinski definition) is 18. The maximum absolute atomic E-state index is 13.7. The number of aliphatic imine (C=N–C) groups is 1. The number of carbonyl (C=O) groups excluding carboxylic acids is 6. The van der Waals surface area contributed by atoms with Gasteiger partial charge in [-0.2, -0.15) is 17.6 Å². The van der Waals surface area contributed by atoms with Crippen LogP contribution in [0.15, 0.2) is 40.2 Å². The first-order valence-corrected chi connectivity index (χ1v) is 20.9. The molecule has 0 bridgehead atoms. The topological polar surface area (TPSA) is 498 Å². The number of nitrogens with zero attached hydrogens (tertiary/aromatic N) is 4. The van der Waals surface area contributed by atoms with Gasteiger partial charge >= 0.3 is 23.9 Å². The van der Waals surface area contributed by atoms with Crippen molar-refractivity contribution in [1.82, 2.24) is 51.8 Å². The molecule has 69 heavy (non-hydrogen) atoms. The van der Waals surface area contributed by atoms with Gasteiger partial charge in [0.15, 0.2) is 17.1 Å². The van der Waals surface area contributed by atoms with Crippen LogP contribution in [0.2, 0.25) is 0 Å². The molecule has 18 N–H and O–H groups in total. The molecular weight excluding hydrogens is 939 g/mol. The summed E-state index contributed by atoms with van der Waals surface area (Å²) in [5.41, 5.74) is 16.4. The minimum Gasteiger partial charge on any atom is -0.481 e. The van der Waals surface area contributed by atoms with Crippen molar-refractivity contribution in [3.05, 3.63) is 52.1 Å². The molecule has 5 unspecified atom stereocenters. The summed E-state index contributed by atoms with van der Waals surface area (Å²) in [7, 11) is 0. The van der Waals surface area contributed by atoms with Gasteiger partial charge in [0.1, 0.15) is 30.2 Å². The second-order valence-electron chi connectivity index (χ2n) is 14.6. The molecule has 0 fully saturated rings. The van der Waals surface area contributed by atoms with E-state index < -0.39 is 127 Å². The lowest BCUT2D eigenvalue weighted by atomic mass is 10.1. The number of benzene rings is 1. The van der Waals surface area contributed by atoms with Crippen molar-refractivity contribution >= 4 is 101 Å². The van der Waals surface area contributed by atoms with Gasteiger partial charge in [-0.15, -0.1) is 0 Å². The predicted octanol–water partition coefficient (Wildman–Crippen LogP) is -5.06. The van der Waals surface area contributed by atoms with Crippen molar-refractivity contribution < 1.29 is 68.4 Å². The van der Waals surface area contributed by atoms with E-state index in [1.54, 1.807) is 0 Å². The van der Waals surface area contributed by atoms with Gasteiger partial charge in [0.2, 0.25) is 35.5 Å². The monoisotopic (exact) mass is 987 g/mol. The van der Waals surface area contributed by atoms with Crippen LogP contribution < -0.4 is 60.0 Å². The van der Waals surface area contributed by atoms with Crippen LogP contribution in [-0.2, 0) is 49.7 Å². The normalized spacial score (nSPS) is 12.9. The number of nitrogen functional groups attached to an aromatic ring is 1. The van der Waals surface area contributed by atoms with Crippen molar-refractivity contribution in [1.29, 1.82) is 0 Å². The molecule has 0 saturated heterocycles. The van der Waals surface area contributed by atoms with Gasteiger partial charge in [0, 0.05) is 30.0 Å². The molecule has 6 amide bonds. The summed E-state index contributed by atoms with van der Waals surface area (Å²) in [5.74, 6) is -13.7. The van der Waals surface area contributed by atoms with Crippen molar-refractivity contribution in [2.45, 2.75) is 75.3 Å². The Morgan fingerprint density at radius 1 is 0.725 bits per heavy atom. The molecule has 0 spiro atoms. The van der Waals surface area contributed by atoms with Gasteiger partial charge in [0.25, 0.3) is 11.5 Å². The number of aromatic nitrogens is 4. The van der Waals surface area contributed by atoms with E-state index in [1.807, 2.05) is 0 Å². The minimum absolute atomic E-state index is 0.0257. The standard InChI is InChI=1S/C38H49N15O15S/c39-37(40)42-9-1-2-19(32(63)50-21(10-26(57)58)31(62)45-14-24(54)47-23(15-69)36(67)68)49-34(65)22(11-27(59)60)51-33(64)20(7-8-25(55)56)48-30(61)16-3-5-17(6-4-16)43-12-18-13-44-29-28(46-18)35(66)53-38(41)52-29/h3-6,13,19-23,43,69H,1-2,7-12,14-15H2,(H,45,62)(H,47,54)(H,48,61)(H,49,65)(H,50,63)(H,51,64)(H,55,56)(H,57,58)(H,59,60)(H,67,68)(H4,39,40,42)(H3,41,44,52,53,66). The smallest absolute Gasteiger partial charge is 0.327 e. The molecule has 372 valence electrons. The predicted molar refractivity (Wildman–Crippen MR) is 241 cm³/mol. The van der Waals surface area contributed by atoms with E-state index in [4.69, 9.17) is 22.3 Å². The number of amides is 6. The van der Waals surface area contributed by atoms with Crippen molar-refractivity contribution in [2.24, 2.45) is 16.5 Å². The summed E-state index contributed by atoms with van der Waals surface area (Å²) >= 11 is 3.80. The molecule has 5 atom stereocenters. The van der Waals surface area contributed by atoms with Gasteiger partial charge < -0.3 is 74.8 Å². The summed E-state index contributed by atoms with van der Waals surface area (Å²) in [6, 6.07) is -3.10. The summed E-state index contributed by atoms with van der Waals surface area (Å²) < 4.78 is 0. The zero-order valence-electron chi connectivity index (χ0n) is 36.1. The van der Waals surface area contributed by atoms with Crippen LogP contribution in [0.25, 0.3) is 11.2 Å². The molecule has 0 radical (unpaired) electrons. The van der Waals surface area contributed by atoms with Crippen molar-refractivity contribution in [2.75, 3.05) is 29.9 Å². The number of rotatable bonds is 28. The van der Waals surface area contributed by atoms with E-state index in [0.29, 0.717) is 11.4 Å². The van der Waals surface area contributed by atoms with Gasteiger partial charge in [-0.25, -0.2) is 14.8 Å². The molecule has 0 saturated carbocycles. The van der Waals surface area contributed by atoms with E-state index in [9.17, 15) is 68.1 Å². The van der Waals surface area contributed by atoms with E-state index in [1.165, 1.54) is 30.5 Å². The number of aromatic amines is 1. The highest BCUT2D eigenvalue weighted by atomic mass is 32.1. The molecular formula is C38H49N15O15S. The Bertz CT molecular complexity index is 2500. The van der Waals surface area contributed by atoms with E-state index in [-0.39, 0.29) is 60.3 Å². The average molecular weight is 988 g/mol. The molecule has 3 rings (SSSR count). The van der Waals surface area contributed by atoms with Crippen LogP contribution in [0.4, 0.5) is 11.6 Å². The summed E-state index contributed by atoms with van der Waals surface area (Å²) in [6.07, 6.45) is -2.46. The maximum atomic E-state index is 13.7. The Morgan fingerprint density at radius 2 is 1.30 bits per heavy atom. The Morgan fingerprint density at radius 3 is 1.87 bits per heavy atom. The Kier molecular flexibility index (Phi) is 21.0. The molecule has 0 aliphatic carbocycles. The highest BCUT2D eigenvalue weighted by Gasteiger charge is 2.33. The number of carboxylic acids is 4. The third kappa shape index (κ3) is 18.6. The number of carbonyl (C=O) groups is 10. The fourth-order valence-electron chi connectivity index (χ4n) is 5.84. The van der Waals surface area contributed by atoms with Crippen LogP contribution in [-0.4, -0.2) is 155 Å². The number of hydrogen-bond donors (Lipinski definition) is 16. The van der Waals surface area contributed by atoms with Gasteiger partial charge in [-0.05, 0) is 43.5 Å².